The molecule has 1 fully saturated rings. The molecule has 1 saturated heterocycles. The highest BCUT2D eigenvalue weighted by Crippen LogP contribution is 2.25. The van der Waals surface area contributed by atoms with Gasteiger partial charge in [-0.15, -0.1) is 0 Å². The van der Waals surface area contributed by atoms with Crippen molar-refractivity contribution in [2.45, 2.75) is 19.4 Å². The first kappa shape index (κ1) is 12.1. The Labute approximate surface area is 105 Å². The number of anilines is 1. The second kappa shape index (κ2) is 4.49. The molecule has 5 nitrogen and oxygen atoms in total. The molecule has 92 valence electrons. The fraction of sp³-hybridized carbons (Fsp3) is 0.308. The fourth-order valence-electron chi connectivity index (χ4n) is 2.10. The predicted octanol–water partition coefficient (Wildman–Crippen LogP) is 1.74. The van der Waals surface area contributed by atoms with Crippen LogP contribution in [0.3, 0.4) is 0 Å². The average molecular weight is 243 g/mol. The quantitative estimate of drug-likeness (QED) is 0.743. The van der Waals surface area contributed by atoms with Crippen LogP contribution in [-0.4, -0.2) is 29.9 Å². The summed E-state index contributed by atoms with van der Waals surface area (Å²) in [4.78, 5) is 26.7. The molecule has 1 atom stereocenters. The SMILES string of the molecule is CCC1C(=O)N(c2cccc(C#N)c2)C(=O)N1C. The number of urea groups is 1. The van der Waals surface area contributed by atoms with Gasteiger partial charge in [-0.05, 0) is 24.6 Å². The van der Waals surface area contributed by atoms with Crippen molar-refractivity contribution < 1.29 is 9.59 Å². The lowest BCUT2D eigenvalue weighted by Gasteiger charge is -2.14. The largest absolute Gasteiger partial charge is 0.331 e. The van der Waals surface area contributed by atoms with Gasteiger partial charge in [-0.2, -0.15) is 5.26 Å². The molecule has 0 radical (unpaired) electrons. The summed E-state index contributed by atoms with van der Waals surface area (Å²) in [5, 5.41) is 8.84. The van der Waals surface area contributed by atoms with Crippen LogP contribution in [0, 0.1) is 11.3 Å². The van der Waals surface area contributed by atoms with Gasteiger partial charge in [-0.3, -0.25) is 4.79 Å². The Morgan fingerprint density at radius 1 is 1.39 bits per heavy atom. The molecular weight excluding hydrogens is 230 g/mol. The first-order valence-electron chi connectivity index (χ1n) is 5.71. The highest BCUT2D eigenvalue weighted by molar-refractivity contribution is 6.21. The maximum atomic E-state index is 12.1. The summed E-state index contributed by atoms with van der Waals surface area (Å²) in [5.41, 5.74) is 0.877. The third-order valence-corrected chi connectivity index (χ3v) is 3.09. The molecule has 0 saturated carbocycles. The lowest BCUT2D eigenvalue weighted by atomic mass is 10.2. The van der Waals surface area contributed by atoms with E-state index in [2.05, 4.69) is 0 Å². The van der Waals surface area contributed by atoms with Gasteiger partial charge < -0.3 is 4.90 Å². The van der Waals surface area contributed by atoms with Gasteiger partial charge in [-0.1, -0.05) is 13.0 Å². The summed E-state index contributed by atoms with van der Waals surface area (Å²) < 4.78 is 0. The molecule has 1 aromatic carbocycles. The van der Waals surface area contributed by atoms with E-state index in [0.717, 1.165) is 4.90 Å². The van der Waals surface area contributed by atoms with Gasteiger partial charge in [-0.25, -0.2) is 9.69 Å². The van der Waals surface area contributed by atoms with Crippen LogP contribution in [0.4, 0.5) is 10.5 Å². The van der Waals surface area contributed by atoms with E-state index < -0.39 is 6.04 Å². The Hall–Kier alpha value is -2.35. The summed E-state index contributed by atoms with van der Waals surface area (Å²) in [5.74, 6) is -0.236. The third kappa shape index (κ3) is 1.72. The fourth-order valence-corrected chi connectivity index (χ4v) is 2.10. The summed E-state index contributed by atoms with van der Waals surface area (Å²) >= 11 is 0. The third-order valence-electron chi connectivity index (χ3n) is 3.09. The van der Waals surface area contributed by atoms with Gasteiger partial charge in [0.15, 0.2) is 0 Å². The Morgan fingerprint density at radius 3 is 2.67 bits per heavy atom. The molecule has 0 aliphatic carbocycles. The van der Waals surface area contributed by atoms with Crippen molar-refractivity contribution in [2.75, 3.05) is 11.9 Å². The smallest absolute Gasteiger partial charge is 0.315 e. The van der Waals surface area contributed by atoms with E-state index in [0.29, 0.717) is 17.7 Å². The number of rotatable bonds is 2. The number of nitrogens with zero attached hydrogens (tertiary/aromatic N) is 3. The van der Waals surface area contributed by atoms with E-state index in [4.69, 9.17) is 5.26 Å². The van der Waals surface area contributed by atoms with Crippen LogP contribution in [0.1, 0.15) is 18.9 Å². The van der Waals surface area contributed by atoms with Crippen molar-refractivity contribution in [1.29, 1.82) is 5.26 Å². The molecule has 1 aromatic rings. The van der Waals surface area contributed by atoms with Crippen molar-refractivity contribution in [2.24, 2.45) is 0 Å². The van der Waals surface area contributed by atoms with Crippen molar-refractivity contribution >= 4 is 17.6 Å². The summed E-state index contributed by atoms with van der Waals surface area (Å²) in [7, 11) is 1.61. The molecule has 18 heavy (non-hydrogen) atoms. The van der Waals surface area contributed by atoms with Crippen molar-refractivity contribution in [3.8, 4) is 6.07 Å². The zero-order chi connectivity index (χ0) is 13.3. The molecule has 0 N–H and O–H groups in total. The van der Waals surface area contributed by atoms with Crippen LogP contribution in [0.25, 0.3) is 0 Å². The first-order valence-corrected chi connectivity index (χ1v) is 5.71. The van der Waals surface area contributed by atoms with Crippen molar-refractivity contribution in [3.63, 3.8) is 0 Å². The molecule has 0 spiro atoms. The molecule has 1 aliphatic heterocycles. The number of carbonyl (C=O) groups is 2. The molecule has 1 unspecified atom stereocenters. The summed E-state index contributed by atoms with van der Waals surface area (Å²) in [6.45, 7) is 1.86. The number of hydrogen-bond donors (Lipinski definition) is 0. The molecule has 5 heteroatoms. The van der Waals surface area contributed by atoms with Crippen LogP contribution in [0.2, 0.25) is 0 Å². The molecule has 1 aliphatic rings. The molecular formula is C13H13N3O2. The monoisotopic (exact) mass is 243 g/mol. The Kier molecular flexibility index (Phi) is 3.02. The minimum absolute atomic E-state index is 0.236. The van der Waals surface area contributed by atoms with Crippen LogP contribution in [0.5, 0.6) is 0 Å². The summed E-state index contributed by atoms with van der Waals surface area (Å²) in [6.07, 6.45) is 0.579. The minimum Gasteiger partial charge on any atom is -0.315 e. The number of nitriles is 1. The molecule has 0 aromatic heterocycles. The second-order valence-corrected chi connectivity index (χ2v) is 4.15. The van der Waals surface area contributed by atoms with E-state index in [1.54, 1.807) is 31.3 Å². The Bertz CT molecular complexity index is 547. The number of imide groups is 1. The van der Waals surface area contributed by atoms with Gasteiger partial charge in [0, 0.05) is 7.05 Å². The van der Waals surface area contributed by atoms with Gasteiger partial charge in [0.2, 0.25) is 0 Å². The molecule has 3 amide bonds. The van der Waals surface area contributed by atoms with E-state index in [1.165, 1.54) is 4.90 Å². The van der Waals surface area contributed by atoms with Gasteiger partial charge in [0.25, 0.3) is 5.91 Å². The minimum atomic E-state index is -0.414. The van der Waals surface area contributed by atoms with E-state index >= 15 is 0 Å². The van der Waals surface area contributed by atoms with Crippen LogP contribution >= 0.6 is 0 Å². The van der Waals surface area contributed by atoms with Gasteiger partial charge in [0.05, 0.1) is 17.3 Å². The highest BCUT2D eigenvalue weighted by Gasteiger charge is 2.42. The number of benzene rings is 1. The number of amides is 3. The lowest BCUT2D eigenvalue weighted by molar-refractivity contribution is -0.119. The van der Waals surface area contributed by atoms with Gasteiger partial charge in [0.1, 0.15) is 6.04 Å². The molecule has 0 bridgehead atoms. The number of likely N-dealkylation sites (N-methyl/N-ethyl adjacent to an activating group) is 1. The van der Waals surface area contributed by atoms with Crippen LogP contribution < -0.4 is 4.90 Å². The zero-order valence-electron chi connectivity index (χ0n) is 10.3. The first-order chi connectivity index (χ1) is 8.60. The van der Waals surface area contributed by atoms with E-state index in [-0.39, 0.29) is 11.9 Å². The number of carbonyl (C=O) groups excluding carboxylic acids is 2. The molecule has 2 rings (SSSR count). The highest BCUT2D eigenvalue weighted by atomic mass is 16.2. The Balaban J connectivity index is 2.42. The number of hydrogen-bond acceptors (Lipinski definition) is 3. The standard InChI is InChI=1S/C13H13N3O2/c1-3-11-12(17)16(13(18)15(11)2)10-6-4-5-9(7-10)8-14/h4-7,11H,3H2,1-2H3. The Morgan fingerprint density at radius 2 is 2.11 bits per heavy atom. The normalized spacial score (nSPS) is 19.3. The van der Waals surface area contributed by atoms with E-state index in [9.17, 15) is 9.59 Å². The van der Waals surface area contributed by atoms with Crippen molar-refractivity contribution in [1.82, 2.24) is 4.90 Å². The summed E-state index contributed by atoms with van der Waals surface area (Å²) in [6, 6.07) is 7.73. The molecule has 1 heterocycles. The second-order valence-electron chi connectivity index (χ2n) is 4.15. The van der Waals surface area contributed by atoms with Crippen LogP contribution in [-0.2, 0) is 4.79 Å². The topological polar surface area (TPSA) is 64.4 Å². The maximum Gasteiger partial charge on any atom is 0.331 e. The predicted molar refractivity (Wildman–Crippen MR) is 65.9 cm³/mol. The van der Waals surface area contributed by atoms with Crippen molar-refractivity contribution in [3.05, 3.63) is 29.8 Å². The maximum absolute atomic E-state index is 12.1. The van der Waals surface area contributed by atoms with Gasteiger partial charge >= 0.3 is 6.03 Å². The zero-order valence-corrected chi connectivity index (χ0v) is 10.3. The van der Waals surface area contributed by atoms with Crippen LogP contribution in [0.15, 0.2) is 24.3 Å². The average Bonchev–Trinajstić information content (AvgIpc) is 2.60. The lowest BCUT2D eigenvalue weighted by Crippen LogP contribution is -2.31. The van der Waals surface area contributed by atoms with E-state index in [1.807, 2.05) is 13.0 Å².